The van der Waals surface area contributed by atoms with Crippen LogP contribution in [0.3, 0.4) is 0 Å². The van der Waals surface area contributed by atoms with E-state index in [4.69, 9.17) is 18.9 Å². The molecule has 8 bridgehead atoms. The van der Waals surface area contributed by atoms with E-state index in [0.717, 1.165) is 70.9 Å². The van der Waals surface area contributed by atoms with E-state index in [2.05, 4.69) is 145 Å². The SMILES string of the molecule is C=CCCCOc1c2cc(C(C)(C)C)cc1Cc1cc(C(C)(C)C)cc(c1OC)Cc1cc(C(C)(C)C)cc(c1OCCCC=C)Cc1cc(C(C)(C)C)cc(c1OC)C2. The zero-order valence-corrected chi connectivity index (χ0v) is 39.9. The van der Waals surface area contributed by atoms with Gasteiger partial charge >= 0.3 is 0 Å². The second-order valence-corrected chi connectivity index (χ2v) is 21.2. The topological polar surface area (TPSA) is 36.9 Å². The van der Waals surface area contributed by atoms with E-state index in [-0.39, 0.29) is 21.7 Å². The number of ether oxygens (including phenoxy) is 4. The Balaban J connectivity index is 1.96. The lowest BCUT2D eigenvalue weighted by Gasteiger charge is -2.29. The molecule has 0 fully saturated rings. The monoisotopic (exact) mass is 813 g/mol. The van der Waals surface area contributed by atoms with Gasteiger partial charge in [-0.2, -0.15) is 0 Å². The van der Waals surface area contributed by atoms with E-state index in [1.54, 1.807) is 0 Å². The summed E-state index contributed by atoms with van der Waals surface area (Å²) in [5.74, 6) is 3.78. The summed E-state index contributed by atoms with van der Waals surface area (Å²) in [4.78, 5) is 0. The normalized spacial score (nSPS) is 13.4. The van der Waals surface area contributed by atoms with Crippen molar-refractivity contribution in [3.8, 4) is 23.0 Å². The van der Waals surface area contributed by atoms with Crippen LogP contribution in [0.2, 0.25) is 0 Å². The standard InChI is InChI=1S/C56H76O4/c1-17-19-21-23-59-51-41-25-37-29-45(53(3,4)5)31-39(49(37)57-15)27-43-35-48(56(12,13)14)36-44(52(43)60-24-22-20-18-2)28-40-32-46(54(6,7)8)30-38(50(40)58-16)26-42(51)34-47(33-41)55(9,10)11/h17-18,29-36H,1-2,19-28H2,3-16H3. The molecule has 4 nitrogen and oxygen atoms in total. The Labute approximate surface area is 364 Å². The molecule has 324 valence electrons. The van der Waals surface area contributed by atoms with E-state index >= 15 is 0 Å². The lowest BCUT2D eigenvalue weighted by molar-refractivity contribution is 0.306. The molecule has 0 aliphatic heterocycles. The van der Waals surface area contributed by atoms with Crippen LogP contribution in [0.1, 0.15) is 176 Å². The second kappa shape index (κ2) is 18.7. The van der Waals surface area contributed by atoms with Gasteiger partial charge in [-0.25, -0.2) is 0 Å². The number of hydrogen-bond donors (Lipinski definition) is 0. The van der Waals surface area contributed by atoms with Gasteiger partial charge in [0, 0.05) is 25.7 Å². The van der Waals surface area contributed by atoms with Crippen molar-refractivity contribution >= 4 is 0 Å². The molecule has 0 N–H and O–H groups in total. The predicted molar refractivity (Wildman–Crippen MR) is 255 cm³/mol. The van der Waals surface area contributed by atoms with Gasteiger partial charge in [0.1, 0.15) is 23.0 Å². The molecule has 4 aromatic rings. The molecular weight excluding hydrogens is 737 g/mol. The first-order valence-electron chi connectivity index (χ1n) is 22.3. The summed E-state index contributed by atoms with van der Waals surface area (Å²) in [7, 11) is 3.66. The van der Waals surface area contributed by atoms with Crippen molar-refractivity contribution < 1.29 is 18.9 Å². The van der Waals surface area contributed by atoms with E-state index in [0.29, 0.717) is 38.9 Å². The van der Waals surface area contributed by atoms with E-state index in [1.165, 1.54) is 44.5 Å². The van der Waals surface area contributed by atoms with Crippen LogP contribution in [-0.2, 0) is 47.3 Å². The Hall–Kier alpha value is -4.44. The molecule has 0 saturated heterocycles. The van der Waals surface area contributed by atoms with Crippen molar-refractivity contribution in [1.82, 2.24) is 0 Å². The molecule has 0 unspecified atom stereocenters. The minimum absolute atomic E-state index is 0.0910. The maximum Gasteiger partial charge on any atom is 0.126 e. The third-order valence-electron chi connectivity index (χ3n) is 12.0. The third-order valence-corrected chi connectivity index (χ3v) is 12.0. The van der Waals surface area contributed by atoms with Crippen molar-refractivity contribution in [2.24, 2.45) is 0 Å². The molecular formula is C56H76O4. The molecule has 0 atom stereocenters. The largest absolute Gasteiger partial charge is 0.496 e. The molecule has 0 saturated carbocycles. The number of rotatable bonds is 12. The van der Waals surface area contributed by atoms with Crippen LogP contribution >= 0.6 is 0 Å². The van der Waals surface area contributed by atoms with Crippen LogP contribution in [0.15, 0.2) is 73.8 Å². The maximum absolute atomic E-state index is 6.97. The summed E-state index contributed by atoms with van der Waals surface area (Å²) in [5, 5.41) is 0. The number of unbranched alkanes of at least 4 members (excludes halogenated alkanes) is 2. The Bertz CT molecular complexity index is 1900. The molecule has 0 spiro atoms. The highest BCUT2D eigenvalue weighted by Crippen LogP contribution is 2.44. The zero-order chi connectivity index (χ0) is 44.2. The van der Waals surface area contributed by atoms with Gasteiger partial charge in [-0.15, -0.1) is 13.2 Å². The maximum atomic E-state index is 6.97. The molecule has 5 rings (SSSR count). The van der Waals surface area contributed by atoms with Crippen molar-refractivity contribution in [3.05, 3.63) is 141 Å². The Morgan fingerprint density at radius 3 is 0.800 bits per heavy atom. The molecule has 60 heavy (non-hydrogen) atoms. The molecule has 1 aliphatic carbocycles. The first-order chi connectivity index (χ1) is 28.1. The van der Waals surface area contributed by atoms with Gasteiger partial charge < -0.3 is 18.9 Å². The number of fused-ring (bicyclic) bond motifs is 8. The molecule has 0 heterocycles. The molecule has 0 radical (unpaired) electrons. The van der Waals surface area contributed by atoms with Gasteiger partial charge in [-0.05, 0) is 114 Å². The smallest absolute Gasteiger partial charge is 0.126 e. The zero-order valence-electron chi connectivity index (χ0n) is 39.9. The highest BCUT2D eigenvalue weighted by Gasteiger charge is 2.29. The van der Waals surface area contributed by atoms with Gasteiger partial charge in [-0.3, -0.25) is 0 Å². The number of allylic oxidation sites excluding steroid dienone is 2. The first-order valence-corrected chi connectivity index (χ1v) is 22.3. The minimum atomic E-state index is -0.0917. The van der Waals surface area contributed by atoms with Crippen molar-refractivity contribution in [2.45, 2.75) is 156 Å². The van der Waals surface area contributed by atoms with Gasteiger partial charge in [0.05, 0.1) is 27.4 Å². The van der Waals surface area contributed by atoms with E-state index < -0.39 is 0 Å². The fourth-order valence-corrected chi connectivity index (χ4v) is 8.32. The van der Waals surface area contributed by atoms with Gasteiger partial charge in [0.15, 0.2) is 0 Å². The van der Waals surface area contributed by atoms with Crippen LogP contribution in [-0.4, -0.2) is 27.4 Å². The van der Waals surface area contributed by atoms with Crippen molar-refractivity contribution in [3.63, 3.8) is 0 Å². The van der Waals surface area contributed by atoms with Crippen LogP contribution in [0.25, 0.3) is 0 Å². The summed E-state index contributed by atoms with van der Waals surface area (Å²) in [6.07, 6.45) is 10.2. The highest BCUT2D eigenvalue weighted by molar-refractivity contribution is 5.60. The molecule has 1 aliphatic rings. The van der Waals surface area contributed by atoms with E-state index in [1.807, 2.05) is 26.4 Å². The van der Waals surface area contributed by atoms with Gasteiger partial charge in [0.25, 0.3) is 0 Å². The fourth-order valence-electron chi connectivity index (χ4n) is 8.32. The molecule has 0 amide bonds. The first kappa shape index (κ1) is 46.6. The number of hydrogen-bond acceptors (Lipinski definition) is 4. The van der Waals surface area contributed by atoms with Crippen molar-refractivity contribution in [2.75, 3.05) is 27.4 Å². The summed E-state index contributed by atoms with van der Waals surface area (Å²) in [5.41, 5.74) is 14.1. The van der Waals surface area contributed by atoms with Crippen LogP contribution in [0, 0.1) is 0 Å². The summed E-state index contributed by atoms with van der Waals surface area (Å²) >= 11 is 0. The quantitative estimate of drug-likeness (QED) is 0.0929. The predicted octanol–water partition coefficient (Wildman–Crippen LogP) is 14.3. The van der Waals surface area contributed by atoms with Crippen LogP contribution in [0.5, 0.6) is 23.0 Å². The lowest BCUT2D eigenvalue weighted by Crippen LogP contribution is -2.17. The average molecular weight is 813 g/mol. The summed E-state index contributed by atoms with van der Waals surface area (Å²) in [6, 6.07) is 19.1. The van der Waals surface area contributed by atoms with E-state index in [9.17, 15) is 0 Å². The van der Waals surface area contributed by atoms with Gasteiger partial charge in [-0.1, -0.05) is 144 Å². The number of methoxy groups -OCH3 is 2. The lowest BCUT2D eigenvalue weighted by atomic mass is 9.79. The fraction of sp³-hybridized carbons (Fsp3) is 0.500. The Morgan fingerprint density at radius 2 is 0.617 bits per heavy atom. The van der Waals surface area contributed by atoms with Gasteiger partial charge in [0.2, 0.25) is 0 Å². The molecule has 4 heteroatoms. The molecule has 0 aromatic heterocycles. The number of benzene rings is 4. The van der Waals surface area contributed by atoms with Crippen molar-refractivity contribution in [1.29, 1.82) is 0 Å². The summed E-state index contributed by atoms with van der Waals surface area (Å²) in [6.45, 7) is 36.9. The Kier molecular flexibility index (Phi) is 14.5. The summed E-state index contributed by atoms with van der Waals surface area (Å²) < 4.78 is 27.0. The Morgan fingerprint density at radius 1 is 0.400 bits per heavy atom. The van der Waals surface area contributed by atoms with Crippen LogP contribution < -0.4 is 18.9 Å². The average Bonchev–Trinajstić information content (AvgIpc) is 3.14. The van der Waals surface area contributed by atoms with Crippen LogP contribution in [0.4, 0.5) is 0 Å². The molecule has 4 aromatic carbocycles. The minimum Gasteiger partial charge on any atom is -0.496 e. The third kappa shape index (κ3) is 11.1. The highest BCUT2D eigenvalue weighted by atomic mass is 16.5. The second-order valence-electron chi connectivity index (χ2n) is 21.2.